The standard InChI is InChI=1S/C6H4BrFO3S.ClH/c7-6-4(8)2-1-3-5(6)12(9,10)11;/h1-3H,(H,9,10,11);1H. The molecule has 0 aliphatic rings. The van der Waals surface area contributed by atoms with Crippen LogP contribution in [0.25, 0.3) is 0 Å². The van der Waals surface area contributed by atoms with Crippen LogP contribution in [0.15, 0.2) is 27.6 Å². The number of hydrogen-bond acceptors (Lipinski definition) is 2. The minimum Gasteiger partial charge on any atom is -0.282 e. The highest BCUT2D eigenvalue weighted by molar-refractivity contribution is 9.10. The van der Waals surface area contributed by atoms with E-state index in [1.807, 2.05) is 0 Å². The summed E-state index contributed by atoms with van der Waals surface area (Å²) >= 11 is 2.70. The summed E-state index contributed by atoms with van der Waals surface area (Å²) in [5.74, 6) is -0.731. The Hall–Kier alpha value is -0.170. The monoisotopic (exact) mass is 290 g/mol. The molecule has 0 heterocycles. The maximum Gasteiger partial charge on any atom is 0.295 e. The molecule has 7 heteroatoms. The topological polar surface area (TPSA) is 54.4 Å². The molecule has 1 rings (SSSR count). The van der Waals surface area contributed by atoms with Gasteiger partial charge in [-0.05, 0) is 28.1 Å². The Morgan fingerprint density at radius 1 is 1.38 bits per heavy atom. The third-order valence-corrected chi connectivity index (χ3v) is 3.16. The van der Waals surface area contributed by atoms with E-state index in [1.165, 1.54) is 6.07 Å². The fraction of sp³-hybridized carbons (Fsp3) is 0. The Labute approximate surface area is 89.2 Å². The fourth-order valence-corrected chi connectivity index (χ4v) is 2.14. The molecule has 0 aliphatic heterocycles. The van der Waals surface area contributed by atoms with E-state index < -0.39 is 20.8 Å². The summed E-state index contributed by atoms with van der Waals surface area (Å²) in [5, 5.41) is 0. The number of halogens is 3. The second-order valence-electron chi connectivity index (χ2n) is 2.03. The van der Waals surface area contributed by atoms with Crippen LogP contribution < -0.4 is 0 Å². The van der Waals surface area contributed by atoms with Crippen LogP contribution in [0.2, 0.25) is 0 Å². The minimum atomic E-state index is -4.34. The molecule has 1 aromatic rings. The lowest BCUT2D eigenvalue weighted by atomic mass is 10.3. The summed E-state index contributed by atoms with van der Waals surface area (Å²) < 4.78 is 42.1. The van der Waals surface area contributed by atoms with Crippen LogP contribution in [-0.4, -0.2) is 13.0 Å². The van der Waals surface area contributed by atoms with Gasteiger partial charge in [-0.3, -0.25) is 4.55 Å². The lowest BCUT2D eigenvalue weighted by Crippen LogP contribution is -1.99. The predicted molar refractivity (Wildman–Crippen MR) is 51.2 cm³/mol. The van der Waals surface area contributed by atoms with E-state index in [0.29, 0.717) is 0 Å². The minimum absolute atomic E-state index is 0. The average molecular weight is 292 g/mol. The van der Waals surface area contributed by atoms with Crippen LogP contribution in [0.1, 0.15) is 0 Å². The molecule has 0 atom stereocenters. The van der Waals surface area contributed by atoms with Crippen molar-refractivity contribution < 1.29 is 17.4 Å². The third-order valence-electron chi connectivity index (χ3n) is 1.19. The summed E-state index contributed by atoms with van der Waals surface area (Å²) in [5.41, 5.74) is 0. The molecule has 0 aromatic heterocycles. The van der Waals surface area contributed by atoms with Crippen molar-refractivity contribution in [1.29, 1.82) is 0 Å². The molecule has 0 unspecified atom stereocenters. The van der Waals surface area contributed by atoms with Crippen LogP contribution in [-0.2, 0) is 10.1 Å². The van der Waals surface area contributed by atoms with Gasteiger partial charge in [0, 0.05) is 0 Å². The molecule has 1 aromatic carbocycles. The average Bonchev–Trinajstić information content (AvgIpc) is 1.92. The summed E-state index contributed by atoms with van der Waals surface area (Å²) in [6.45, 7) is 0. The SMILES string of the molecule is Cl.O=S(=O)(O)c1cccc(F)c1Br. The van der Waals surface area contributed by atoms with Gasteiger partial charge in [-0.15, -0.1) is 12.4 Å². The quantitative estimate of drug-likeness (QED) is 0.808. The second kappa shape index (κ2) is 4.36. The Morgan fingerprint density at radius 3 is 2.31 bits per heavy atom. The Balaban J connectivity index is 0.00000144. The summed E-state index contributed by atoms with van der Waals surface area (Å²) in [6, 6.07) is 3.38. The van der Waals surface area contributed by atoms with Gasteiger partial charge in [-0.1, -0.05) is 6.07 Å². The van der Waals surface area contributed by atoms with Crippen LogP contribution in [0.5, 0.6) is 0 Å². The van der Waals surface area contributed by atoms with Gasteiger partial charge in [-0.25, -0.2) is 4.39 Å². The van der Waals surface area contributed by atoms with Gasteiger partial charge in [0.25, 0.3) is 10.1 Å². The molecule has 0 spiro atoms. The second-order valence-corrected chi connectivity index (χ2v) is 4.21. The molecule has 0 fully saturated rings. The van der Waals surface area contributed by atoms with Crippen molar-refractivity contribution in [1.82, 2.24) is 0 Å². The Morgan fingerprint density at radius 2 is 1.92 bits per heavy atom. The first kappa shape index (κ1) is 12.8. The van der Waals surface area contributed by atoms with Crippen LogP contribution in [0.3, 0.4) is 0 Å². The normalized spacial score (nSPS) is 10.7. The van der Waals surface area contributed by atoms with Crippen molar-refractivity contribution in [3.8, 4) is 0 Å². The highest BCUT2D eigenvalue weighted by atomic mass is 79.9. The van der Waals surface area contributed by atoms with E-state index in [4.69, 9.17) is 4.55 Å². The first-order valence-electron chi connectivity index (χ1n) is 2.84. The lowest BCUT2D eigenvalue weighted by Gasteiger charge is -1.99. The van der Waals surface area contributed by atoms with Crippen LogP contribution in [0.4, 0.5) is 4.39 Å². The van der Waals surface area contributed by atoms with E-state index in [0.717, 1.165) is 12.1 Å². The molecule has 1 N–H and O–H groups in total. The molecule has 13 heavy (non-hydrogen) atoms. The molecule has 0 radical (unpaired) electrons. The summed E-state index contributed by atoms with van der Waals surface area (Å²) in [6.07, 6.45) is 0. The van der Waals surface area contributed by atoms with Crippen molar-refractivity contribution in [3.05, 3.63) is 28.5 Å². The Bertz CT molecular complexity index is 406. The van der Waals surface area contributed by atoms with E-state index in [2.05, 4.69) is 15.9 Å². The zero-order chi connectivity index (χ0) is 9.35. The van der Waals surface area contributed by atoms with Gasteiger partial charge in [-0.2, -0.15) is 8.42 Å². The van der Waals surface area contributed by atoms with Crippen LogP contribution in [0, 0.1) is 5.82 Å². The number of rotatable bonds is 1. The van der Waals surface area contributed by atoms with E-state index in [1.54, 1.807) is 0 Å². The van der Waals surface area contributed by atoms with Crippen molar-refractivity contribution in [2.75, 3.05) is 0 Å². The molecule has 0 bridgehead atoms. The van der Waals surface area contributed by atoms with Crippen LogP contribution >= 0.6 is 28.3 Å². The zero-order valence-corrected chi connectivity index (χ0v) is 9.29. The van der Waals surface area contributed by atoms with Gasteiger partial charge in [0.1, 0.15) is 10.7 Å². The molecule has 3 nitrogen and oxygen atoms in total. The van der Waals surface area contributed by atoms with E-state index >= 15 is 0 Å². The van der Waals surface area contributed by atoms with Crippen molar-refractivity contribution in [3.63, 3.8) is 0 Å². The summed E-state index contributed by atoms with van der Waals surface area (Å²) in [7, 11) is -4.34. The van der Waals surface area contributed by atoms with Crippen molar-refractivity contribution in [2.45, 2.75) is 4.90 Å². The van der Waals surface area contributed by atoms with Crippen molar-refractivity contribution >= 4 is 38.5 Å². The highest BCUT2D eigenvalue weighted by Crippen LogP contribution is 2.23. The van der Waals surface area contributed by atoms with Gasteiger partial charge in [0.2, 0.25) is 0 Å². The maximum atomic E-state index is 12.7. The molecule has 0 saturated heterocycles. The molecule has 74 valence electrons. The molecular weight excluding hydrogens is 286 g/mol. The zero-order valence-electron chi connectivity index (χ0n) is 6.07. The van der Waals surface area contributed by atoms with Crippen molar-refractivity contribution in [2.24, 2.45) is 0 Å². The van der Waals surface area contributed by atoms with E-state index in [9.17, 15) is 12.8 Å². The maximum absolute atomic E-state index is 12.7. The first-order chi connectivity index (χ1) is 5.43. The fourth-order valence-electron chi connectivity index (χ4n) is 0.683. The lowest BCUT2D eigenvalue weighted by molar-refractivity contribution is 0.481. The smallest absolute Gasteiger partial charge is 0.282 e. The summed E-state index contributed by atoms with van der Waals surface area (Å²) in [4.78, 5) is -0.470. The first-order valence-corrected chi connectivity index (χ1v) is 5.08. The molecule has 0 amide bonds. The largest absolute Gasteiger partial charge is 0.295 e. The number of benzene rings is 1. The van der Waals surface area contributed by atoms with Gasteiger partial charge < -0.3 is 0 Å². The molecular formula is C6H5BrClFO3S. The molecule has 0 saturated carbocycles. The molecule has 0 aliphatic carbocycles. The van der Waals surface area contributed by atoms with Gasteiger partial charge >= 0.3 is 0 Å². The third kappa shape index (κ3) is 2.91. The number of hydrogen-bond donors (Lipinski definition) is 1. The predicted octanol–water partition coefficient (Wildman–Crippen LogP) is 2.26. The van der Waals surface area contributed by atoms with Gasteiger partial charge in [0.05, 0.1) is 4.47 Å². The Kier molecular flexibility index (Phi) is 4.31. The van der Waals surface area contributed by atoms with Gasteiger partial charge in [0.15, 0.2) is 0 Å². The highest BCUT2D eigenvalue weighted by Gasteiger charge is 2.15. The van der Waals surface area contributed by atoms with E-state index in [-0.39, 0.29) is 16.9 Å².